The van der Waals surface area contributed by atoms with Crippen LogP contribution in [0.5, 0.6) is 0 Å². The summed E-state index contributed by atoms with van der Waals surface area (Å²) in [6.45, 7) is 0.956. The standard InChI is InChI=1S/C21H23N3O2/c1-23(18-9-10-18)20(25)14-22-17-7-4-6-16(13-17)21(26)24-12-11-15-5-2-3-8-19(15)24/h2-8,13,18,22H,9-12,14H2,1H3. The van der Waals surface area contributed by atoms with Crippen molar-refractivity contribution in [2.24, 2.45) is 0 Å². The van der Waals surface area contributed by atoms with Crippen LogP contribution < -0.4 is 10.2 Å². The number of carbonyl (C=O) groups excluding carboxylic acids is 2. The van der Waals surface area contributed by atoms with E-state index in [4.69, 9.17) is 0 Å². The van der Waals surface area contributed by atoms with Gasteiger partial charge in [-0.05, 0) is 49.1 Å². The molecule has 1 N–H and O–H groups in total. The number of hydrogen-bond acceptors (Lipinski definition) is 3. The van der Waals surface area contributed by atoms with Gasteiger partial charge < -0.3 is 15.1 Å². The molecule has 4 rings (SSSR count). The molecule has 26 heavy (non-hydrogen) atoms. The van der Waals surface area contributed by atoms with Crippen molar-refractivity contribution in [2.45, 2.75) is 25.3 Å². The van der Waals surface area contributed by atoms with E-state index in [0.29, 0.717) is 18.2 Å². The normalized spacial score (nSPS) is 15.5. The van der Waals surface area contributed by atoms with Crippen molar-refractivity contribution < 1.29 is 9.59 Å². The van der Waals surface area contributed by atoms with Gasteiger partial charge in [-0.1, -0.05) is 24.3 Å². The second-order valence-corrected chi connectivity index (χ2v) is 7.01. The van der Waals surface area contributed by atoms with Gasteiger partial charge in [0.25, 0.3) is 5.91 Å². The molecule has 1 fully saturated rings. The van der Waals surface area contributed by atoms with Crippen LogP contribution in [0.25, 0.3) is 0 Å². The van der Waals surface area contributed by atoms with Crippen LogP contribution in [0.3, 0.4) is 0 Å². The highest BCUT2D eigenvalue weighted by molar-refractivity contribution is 6.07. The van der Waals surface area contributed by atoms with Crippen molar-refractivity contribution in [3.8, 4) is 0 Å². The summed E-state index contributed by atoms with van der Waals surface area (Å²) in [5, 5.41) is 3.15. The van der Waals surface area contributed by atoms with Gasteiger partial charge >= 0.3 is 0 Å². The van der Waals surface area contributed by atoms with Gasteiger partial charge in [0.05, 0.1) is 6.54 Å². The molecule has 5 heteroatoms. The van der Waals surface area contributed by atoms with Crippen molar-refractivity contribution in [1.29, 1.82) is 0 Å². The summed E-state index contributed by atoms with van der Waals surface area (Å²) < 4.78 is 0. The smallest absolute Gasteiger partial charge is 0.258 e. The Bertz CT molecular complexity index is 845. The minimum absolute atomic E-state index is 0.0000231. The molecule has 0 saturated heterocycles. The number of nitrogens with zero attached hydrogens (tertiary/aromatic N) is 2. The van der Waals surface area contributed by atoms with E-state index < -0.39 is 0 Å². The van der Waals surface area contributed by atoms with Crippen molar-refractivity contribution in [2.75, 3.05) is 30.4 Å². The molecule has 1 heterocycles. The number of fused-ring (bicyclic) bond motifs is 1. The number of nitrogens with one attached hydrogen (secondary N) is 1. The largest absolute Gasteiger partial charge is 0.376 e. The number of para-hydroxylation sites is 1. The fourth-order valence-electron chi connectivity index (χ4n) is 3.44. The van der Waals surface area contributed by atoms with Crippen LogP contribution in [0.1, 0.15) is 28.8 Å². The van der Waals surface area contributed by atoms with Crippen LogP contribution in [-0.4, -0.2) is 42.9 Å². The first-order valence-corrected chi connectivity index (χ1v) is 9.13. The predicted octanol–water partition coefficient (Wildman–Crippen LogP) is 2.92. The molecule has 0 bridgehead atoms. The second-order valence-electron chi connectivity index (χ2n) is 7.01. The average molecular weight is 349 g/mol. The molecular weight excluding hydrogens is 326 g/mol. The Morgan fingerprint density at radius 1 is 1.15 bits per heavy atom. The third kappa shape index (κ3) is 3.29. The number of likely N-dealkylation sites (N-methyl/N-ethyl adjacent to an activating group) is 1. The Morgan fingerprint density at radius 2 is 1.96 bits per heavy atom. The lowest BCUT2D eigenvalue weighted by molar-refractivity contribution is -0.128. The van der Waals surface area contributed by atoms with Gasteiger partial charge in [-0.2, -0.15) is 0 Å². The minimum Gasteiger partial charge on any atom is -0.376 e. The van der Waals surface area contributed by atoms with E-state index >= 15 is 0 Å². The molecule has 0 spiro atoms. The molecule has 1 aliphatic carbocycles. The third-order valence-electron chi connectivity index (χ3n) is 5.17. The van der Waals surface area contributed by atoms with Gasteiger partial charge in [0.1, 0.15) is 0 Å². The van der Waals surface area contributed by atoms with Gasteiger partial charge in [-0.15, -0.1) is 0 Å². The first-order chi connectivity index (χ1) is 12.6. The summed E-state index contributed by atoms with van der Waals surface area (Å²) in [5.74, 6) is 0.0812. The summed E-state index contributed by atoms with van der Waals surface area (Å²) in [4.78, 5) is 28.7. The maximum atomic E-state index is 12.9. The molecule has 2 amide bonds. The van der Waals surface area contributed by atoms with E-state index in [2.05, 4.69) is 11.4 Å². The zero-order chi connectivity index (χ0) is 18.1. The summed E-state index contributed by atoms with van der Waals surface area (Å²) in [7, 11) is 1.85. The maximum absolute atomic E-state index is 12.9. The van der Waals surface area contributed by atoms with Crippen molar-refractivity contribution in [3.63, 3.8) is 0 Å². The molecule has 2 aliphatic rings. The van der Waals surface area contributed by atoms with Crippen LogP contribution in [0.2, 0.25) is 0 Å². The van der Waals surface area contributed by atoms with Gasteiger partial charge in [0.2, 0.25) is 5.91 Å². The van der Waals surface area contributed by atoms with Crippen LogP contribution in [0.15, 0.2) is 48.5 Å². The molecule has 134 valence electrons. The summed E-state index contributed by atoms with van der Waals surface area (Å²) in [6.07, 6.45) is 3.09. The first-order valence-electron chi connectivity index (χ1n) is 9.13. The molecule has 5 nitrogen and oxygen atoms in total. The predicted molar refractivity (Wildman–Crippen MR) is 103 cm³/mol. The molecule has 0 aromatic heterocycles. The quantitative estimate of drug-likeness (QED) is 0.903. The van der Waals surface area contributed by atoms with E-state index in [-0.39, 0.29) is 18.4 Å². The highest BCUT2D eigenvalue weighted by Gasteiger charge is 2.29. The van der Waals surface area contributed by atoms with E-state index in [0.717, 1.165) is 30.6 Å². The summed E-state index contributed by atoms with van der Waals surface area (Å²) >= 11 is 0. The molecule has 2 aromatic rings. The number of benzene rings is 2. The molecule has 2 aromatic carbocycles. The van der Waals surface area contributed by atoms with Gasteiger partial charge in [0, 0.05) is 36.6 Å². The lowest BCUT2D eigenvalue weighted by Gasteiger charge is -2.19. The Kier molecular flexibility index (Phi) is 4.37. The van der Waals surface area contributed by atoms with Crippen molar-refractivity contribution in [1.82, 2.24) is 4.90 Å². The second kappa shape index (κ2) is 6.83. The van der Waals surface area contributed by atoms with E-state index in [1.807, 2.05) is 59.3 Å². The van der Waals surface area contributed by atoms with Gasteiger partial charge in [0.15, 0.2) is 0 Å². The summed E-state index contributed by atoms with van der Waals surface area (Å²) in [5.41, 5.74) is 3.64. The molecule has 1 aliphatic heterocycles. The Balaban J connectivity index is 1.44. The number of rotatable bonds is 5. The lowest BCUT2D eigenvalue weighted by atomic mass is 10.1. The minimum atomic E-state index is 0.0000231. The highest BCUT2D eigenvalue weighted by atomic mass is 16.2. The Labute approximate surface area is 153 Å². The fraction of sp³-hybridized carbons (Fsp3) is 0.333. The lowest BCUT2D eigenvalue weighted by Crippen LogP contribution is -2.33. The van der Waals surface area contributed by atoms with Gasteiger partial charge in [-0.3, -0.25) is 9.59 Å². The van der Waals surface area contributed by atoms with Crippen LogP contribution in [-0.2, 0) is 11.2 Å². The zero-order valence-electron chi connectivity index (χ0n) is 14.9. The number of carbonyl (C=O) groups is 2. The van der Waals surface area contributed by atoms with Crippen LogP contribution in [0.4, 0.5) is 11.4 Å². The molecular formula is C21H23N3O2. The van der Waals surface area contributed by atoms with E-state index in [9.17, 15) is 9.59 Å². The molecule has 0 unspecified atom stereocenters. The number of amides is 2. The number of anilines is 2. The first kappa shape index (κ1) is 16.6. The molecule has 0 atom stereocenters. The topological polar surface area (TPSA) is 52.7 Å². The number of hydrogen-bond donors (Lipinski definition) is 1. The SMILES string of the molecule is CN(C(=O)CNc1cccc(C(=O)N2CCc3ccccc32)c1)C1CC1. The summed E-state index contributed by atoms with van der Waals surface area (Å²) in [6, 6.07) is 15.8. The highest BCUT2D eigenvalue weighted by Crippen LogP contribution is 2.29. The average Bonchev–Trinajstić information content (AvgIpc) is 3.44. The monoisotopic (exact) mass is 349 g/mol. The zero-order valence-corrected chi connectivity index (χ0v) is 14.9. The van der Waals surface area contributed by atoms with Crippen LogP contribution in [0, 0.1) is 0 Å². The van der Waals surface area contributed by atoms with Crippen molar-refractivity contribution >= 4 is 23.2 Å². The molecule has 1 saturated carbocycles. The van der Waals surface area contributed by atoms with E-state index in [1.165, 1.54) is 5.56 Å². The van der Waals surface area contributed by atoms with Crippen molar-refractivity contribution in [3.05, 3.63) is 59.7 Å². The Hall–Kier alpha value is -2.82. The van der Waals surface area contributed by atoms with E-state index in [1.54, 1.807) is 0 Å². The fourth-order valence-corrected chi connectivity index (χ4v) is 3.44. The third-order valence-corrected chi connectivity index (χ3v) is 5.17. The van der Waals surface area contributed by atoms with Gasteiger partial charge in [-0.25, -0.2) is 0 Å². The Morgan fingerprint density at radius 3 is 2.77 bits per heavy atom. The van der Waals surface area contributed by atoms with Crippen LogP contribution >= 0.6 is 0 Å². The maximum Gasteiger partial charge on any atom is 0.258 e. The molecule has 0 radical (unpaired) electrons.